The predicted molar refractivity (Wildman–Crippen MR) is 95.0 cm³/mol. The molecule has 1 fully saturated rings. The summed E-state index contributed by atoms with van der Waals surface area (Å²) in [5.74, 6) is -0.447. The number of aromatic amines is 1. The number of hydrogen-bond acceptors (Lipinski definition) is 5. The number of carbonyl (C=O) groups excluding carboxylic acids is 3. The lowest BCUT2D eigenvalue weighted by atomic mass is 9.95. The van der Waals surface area contributed by atoms with Crippen molar-refractivity contribution in [1.82, 2.24) is 9.88 Å². The van der Waals surface area contributed by atoms with Gasteiger partial charge in [-0.25, -0.2) is 0 Å². The minimum absolute atomic E-state index is 0.0432. The highest BCUT2D eigenvalue weighted by Crippen LogP contribution is 2.24. The number of ketones is 2. The van der Waals surface area contributed by atoms with Gasteiger partial charge in [0.1, 0.15) is 0 Å². The molecule has 1 aromatic rings. The molecule has 25 heavy (non-hydrogen) atoms. The van der Waals surface area contributed by atoms with Crippen molar-refractivity contribution in [2.24, 2.45) is 5.92 Å². The quantitative estimate of drug-likeness (QED) is 0.631. The molecule has 1 saturated heterocycles. The molecule has 1 aromatic heterocycles. The first-order valence-corrected chi connectivity index (χ1v) is 8.92. The van der Waals surface area contributed by atoms with Gasteiger partial charge in [0, 0.05) is 17.8 Å². The molecule has 2 atom stereocenters. The molecule has 2 rings (SSSR count). The zero-order valence-corrected chi connectivity index (χ0v) is 15.8. The van der Waals surface area contributed by atoms with Crippen molar-refractivity contribution in [2.75, 3.05) is 19.7 Å². The van der Waals surface area contributed by atoms with Crippen molar-refractivity contribution in [3.05, 3.63) is 22.5 Å². The molecular formula is C19H28N2O4. The van der Waals surface area contributed by atoms with Gasteiger partial charge in [-0.1, -0.05) is 0 Å². The number of aryl methyl sites for hydroxylation is 1. The van der Waals surface area contributed by atoms with E-state index in [0.717, 1.165) is 25.1 Å². The molecule has 1 N–H and O–H groups in total. The lowest BCUT2D eigenvalue weighted by molar-refractivity contribution is -0.150. The number of nitrogens with one attached hydrogen (secondary N) is 1. The van der Waals surface area contributed by atoms with Gasteiger partial charge in [0.15, 0.2) is 11.6 Å². The van der Waals surface area contributed by atoms with Crippen LogP contribution in [0.5, 0.6) is 0 Å². The Hall–Kier alpha value is -1.95. The second-order valence-corrected chi connectivity index (χ2v) is 6.81. The maximum atomic E-state index is 13.0. The third-order valence-corrected chi connectivity index (χ3v) is 5.04. The molecule has 0 saturated carbocycles. The van der Waals surface area contributed by atoms with Gasteiger partial charge in [0.05, 0.1) is 24.3 Å². The first-order valence-electron chi connectivity index (χ1n) is 8.92. The number of Topliss-reactive ketones (excluding diaryl/α,β-unsaturated/α-hetero) is 2. The van der Waals surface area contributed by atoms with Gasteiger partial charge in [-0.3, -0.25) is 19.3 Å². The summed E-state index contributed by atoms with van der Waals surface area (Å²) in [7, 11) is 0. The van der Waals surface area contributed by atoms with E-state index in [0.29, 0.717) is 30.0 Å². The molecule has 1 aliphatic heterocycles. The van der Waals surface area contributed by atoms with Crippen LogP contribution in [0.1, 0.15) is 65.7 Å². The number of H-pyrrole nitrogens is 1. The van der Waals surface area contributed by atoms with Crippen molar-refractivity contribution < 1.29 is 19.1 Å². The minimum atomic E-state index is -0.353. The lowest BCUT2D eigenvalue weighted by Gasteiger charge is -2.35. The van der Waals surface area contributed by atoms with E-state index in [9.17, 15) is 14.4 Å². The van der Waals surface area contributed by atoms with E-state index in [4.69, 9.17) is 4.74 Å². The fraction of sp³-hybridized carbons (Fsp3) is 0.632. The Morgan fingerprint density at radius 1 is 1.32 bits per heavy atom. The summed E-state index contributed by atoms with van der Waals surface area (Å²) in [6.07, 6.45) is 1.66. The van der Waals surface area contributed by atoms with Gasteiger partial charge in [-0.2, -0.15) is 0 Å². The van der Waals surface area contributed by atoms with E-state index in [1.807, 2.05) is 18.7 Å². The molecule has 0 radical (unpaired) electrons. The molecular weight excluding hydrogens is 320 g/mol. The van der Waals surface area contributed by atoms with Gasteiger partial charge in [-0.15, -0.1) is 0 Å². The van der Waals surface area contributed by atoms with Crippen LogP contribution in [-0.2, 0) is 9.53 Å². The van der Waals surface area contributed by atoms with Crippen molar-refractivity contribution in [1.29, 1.82) is 0 Å². The van der Waals surface area contributed by atoms with Crippen LogP contribution in [0.4, 0.5) is 0 Å². The van der Waals surface area contributed by atoms with Crippen LogP contribution < -0.4 is 0 Å². The number of piperidine rings is 1. The Kier molecular flexibility index (Phi) is 6.16. The number of esters is 1. The second kappa shape index (κ2) is 7.95. The van der Waals surface area contributed by atoms with Crippen molar-refractivity contribution in [3.8, 4) is 0 Å². The molecule has 6 nitrogen and oxygen atoms in total. The monoisotopic (exact) mass is 348 g/mol. The third kappa shape index (κ3) is 4.00. The number of aromatic nitrogens is 1. The molecule has 0 bridgehead atoms. The number of likely N-dealkylation sites (tertiary alicyclic amines) is 1. The van der Waals surface area contributed by atoms with Crippen LogP contribution in [0.25, 0.3) is 0 Å². The normalized spacial score (nSPS) is 19.5. The maximum absolute atomic E-state index is 13.0. The summed E-state index contributed by atoms with van der Waals surface area (Å²) >= 11 is 0. The summed E-state index contributed by atoms with van der Waals surface area (Å²) in [6.45, 7) is 10.5. The van der Waals surface area contributed by atoms with E-state index in [1.54, 1.807) is 13.8 Å². The molecule has 0 unspecified atom stereocenters. The molecule has 138 valence electrons. The summed E-state index contributed by atoms with van der Waals surface area (Å²) in [5.41, 5.74) is 2.52. The van der Waals surface area contributed by atoms with Gasteiger partial charge >= 0.3 is 5.97 Å². The topological polar surface area (TPSA) is 79.5 Å². The molecule has 6 heteroatoms. The Balaban J connectivity index is 2.16. The largest absolute Gasteiger partial charge is 0.466 e. The summed E-state index contributed by atoms with van der Waals surface area (Å²) < 4.78 is 5.12. The smallest absolute Gasteiger partial charge is 0.310 e. The second-order valence-electron chi connectivity index (χ2n) is 6.81. The van der Waals surface area contributed by atoms with Gasteiger partial charge in [0.2, 0.25) is 0 Å². The Bertz CT molecular complexity index is 677. The minimum Gasteiger partial charge on any atom is -0.466 e. The van der Waals surface area contributed by atoms with Crippen LogP contribution in [-0.4, -0.2) is 53.2 Å². The summed E-state index contributed by atoms with van der Waals surface area (Å²) in [5, 5.41) is 0. The van der Waals surface area contributed by atoms with Crippen molar-refractivity contribution in [3.63, 3.8) is 0 Å². The Morgan fingerprint density at radius 3 is 2.56 bits per heavy atom. The predicted octanol–water partition coefficient (Wildman–Crippen LogP) is 2.68. The average Bonchev–Trinajstić information content (AvgIpc) is 2.88. The maximum Gasteiger partial charge on any atom is 0.310 e. The Labute approximate surface area is 148 Å². The van der Waals surface area contributed by atoms with E-state index in [-0.39, 0.29) is 29.5 Å². The molecule has 0 spiro atoms. The van der Waals surface area contributed by atoms with Gasteiger partial charge < -0.3 is 9.72 Å². The van der Waals surface area contributed by atoms with Crippen LogP contribution in [0.2, 0.25) is 0 Å². The summed E-state index contributed by atoms with van der Waals surface area (Å²) in [6, 6.07) is -0.353. The van der Waals surface area contributed by atoms with Gasteiger partial charge in [0.25, 0.3) is 0 Å². The average molecular weight is 348 g/mol. The first-order chi connectivity index (χ1) is 11.8. The van der Waals surface area contributed by atoms with E-state index in [1.165, 1.54) is 6.92 Å². The molecule has 1 aliphatic rings. The number of ether oxygens (including phenoxy) is 1. The standard InChI is InChI=1S/C19H28N2O4/c1-6-25-19(24)15-8-7-9-21(10-15)13(4)18(23)17-11(2)16(14(5)22)12(3)20-17/h13,15,20H,6-10H2,1-5H3/t13-,15-/m0/s1. The molecule has 0 aliphatic carbocycles. The first kappa shape index (κ1) is 19.4. The van der Waals surface area contributed by atoms with E-state index < -0.39 is 0 Å². The van der Waals surface area contributed by atoms with Crippen LogP contribution in [0.15, 0.2) is 0 Å². The molecule has 0 aromatic carbocycles. The summed E-state index contributed by atoms with van der Waals surface area (Å²) in [4.78, 5) is 41.9. The highest BCUT2D eigenvalue weighted by molar-refractivity contribution is 6.05. The SMILES string of the molecule is CCOC(=O)[C@H]1CCCN([C@@H](C)C(=O)c2[nH]c(C)c(C(C)=O)c2C)C1. The van der Waals surface area contributed by atoms with E-state index >= 15 is 0 Å². The number of nitrogens with zero attached hydrogens (tertiary/aromatic N) is 1. The zero-order chi connectivity index (χ0) is 18.7. The van der Waals surface area contributed by atoms with Crippen LogP contribution in [0.3, 0.4) is 0 Å². The highest BCUT2D eigenvalue weighted by atomic mass is 16.5. The van der Waals surface area contributed by atoms with E-state index in [2.05, 4.69) is 4.98 Å². The third-order valence-electron chi connectivity index (χ3n) is 5.04. The van der Waals surface area contributed by atoms with Crippen LogP contribution in [0, 0.1) is 19.8 Å². The zero-order valence-electron chi connectivity index (χ0n) is 15.8. The Morgan fingerprint density at radius 2 is 2.00 bits per heavy atom. The fourth-order valence-electron chi connectivity index (χ4n) is 3.71. The van der Waals surface area contributed by atoms with Gasteiger partial charge in [-0.05, 0) is 59.6 Å². The number of carbonyl (C=O) groups is 3. The van der Waals surface area contributed by atoms with Crippen molar-refractivity contribution >= 4 is 17.5 Å². The van der Waals surface area contributed by atoms with Crippen molar-refractivity contribution in [2.45, 2.75) is 53.5 Å². The highest BCUT2D eigenvalue weighted by Gasteiger charge is 2.33. The lowest BCUT2D eigenvalue weighted by Crippen LogP contribution is -2.47. The number of rotatable bonds is 6. The number of hydrogen-bond donors (Lipinski definition) is 1. The molecule has 0 amide bonds. The molecule has 2 heterocycles. The fourth-order valence-corrected chi connectivity index (χ4v) is 3.71. The van der Waals surface area contributed by atoms with Crippen LogP contribution >= 0.6 is 0 Å².